The van der Waals surface area contributed by atoms with Crippen molar-refractivity contribution in [1.82, 2.24) is 34.6 Å². The molecule has 10 heteroatoms. The van der Waals surface area contributed by atoms with Gasteiger partial charge in [0.05, 0.1) is 30.0 Å². The number of fused-ring (bicyclic) bond motifs is 2. The zero-order valence-corrected chi connectivity index (χ0v) is 23.5. The van der Waals surface area contributed by atoms with E-state index in [0.29, 0.717) is 52.7 Å². The molecule has 0 bridgehead atoms. The summed E-state index contributed by atoms with van der Waals surface area (Å²) in [6.45, 7) is 5.58. The lowest BCUT2D eigenvalue weighted by Crippen LogP contribution is -2.62. The number of amides is 1. The van der Waals surface area contributed by atoms with E-state index >= 15 is 0 Å². The summed E-state index contributed by atoms with van der Waals surface area (Å²) in [5, 5.41) is 16.9. The normalized spacial score (nSPS) is 24.5. The molecule has 214 valence electrons. The lowest BCUT2D eigenvalue weighted by atomic mass is 9.74. The Balaban J connectivity index is 1.00. The number of carbonyl (C=O) groups excluding carboxylic acids is 1. The molecule has 1 aromatic carbocycles. The predicted molar refractivity (Wildman–Crippen MR) is 156 cm³/mol. The minimum atomic E-state index is -0.253. The van der Waals surface area contributed by atoms with Crippen molar-refractivity contribution in [3.63, 3.8) is 0 Å². The predicted octanol–water partition coefficient (Wildman–Crippen LogP) is 4.29. The fourth-order valence-electron chi connectivity index (χ4n) is 7.16. The molecule has 0 atom stereocenters. The van der Waals surface area contributed by atoms with E-state index < -0.39 is 0 Å². The molecule has 4 fully saturated rings. The van der Waals surface area contributed by atoms with E-state index in [-0.39, 0.29) is 5.91 Å². The lowest BCUT2D eigenvalue weighted by Gasteiger charge is -2.52. The molecule has 5 heterocycles. The smallest absolute Gasteiger partial charge is 0.261 e. The first-order valence-electron chi connectivity index (χ1n) is 15.3. The van der Waals surface area contributed by atoms with Gasteiger partial charge in [0.2, 0.25) is 0 Å². The van der Waals surface area contributed by atoms with Gasteiger partial charge in [0.1, 0.15) is 11.3 Å². The van der Waals surface area contributed by atoms with Crippen LogP contribution in [0.2, 0.25) is 0 Å². The number of aromatic nitrogens is 5. The van der Waals surface area contributed by atoms with Gasteiger partial charge in [0.15, 0.2) is 5.65 Å². The maximum absolute atomic E-state index is 13.3. The molecule has 8 rings (SSSR count). The maximum Gasteiger partial charge on any atom is 0.261 e. The van der Waals surface area contributed by atoms with E-state index in [1.165, 1.54) is 64.7 Å². The molecule has 2 saturated carbocycles. The number of rotatable bonds is 7. The van der Waals surface area contributed by atoms with Crippen molar-refractivity contribution < 1.29 is 9.53 Å². The van der Waals surface area contributed by atoms with Crippen LogP contribution in [0.25, 0.3) is 16.6 Å². The number of nitrogens with one attached hydrogen (secondary N) is 2. The highest BCUT2D eigenvalue weighted by molar-refractivity contribution is 6.09. The first kappa shape index (κ1) is 25.2. The highest BCUT2D eigenvalue weighted by atomic mass is 16.5. The van der Waals surface area contributed by atoms with Crippen molar-refractivity contribution in [3.8, 4) is 5.75 Å². The number of benzene rings is 1. The summed E-state index contributed by atoms with van der Waals surface area (Å²) in [6.07, 6.45) is 17.0. The van der Waals surface area contributed by atoms with Crippen molar-refractivity contribution in [1.29, 1.82) is 0 Å². The average molecular weight is 555 g/mol. The largest absolute Gasteiger partial charge is 0.491 e. The van der Waals surface area contributed by atoms with E-state index in [9.17, 15) is 4.79 Å². The highest BCUT2D eigenvalue weighted by Crippen LogP contribution is 2.39. The van der Waals surface area contributed by atoms with E-state index in [1.54, 1.807) is 29.2 Å². The molecule has 1 amide bonds. The SMILES string of the molecule is O=C(Nc1cc2cn(C3CCC(N4CCCC5(CNC5)C4)CC3)nc2cc1OCC1CC1)c1cnn2cccnc12. The fourth-order valence-corrected chi connectivity index (χ4v) is 7.16. The Morgan fingerprint density at radius 1 is 1.12 bits per heavy atom. The van der Waals surface area contributed by atoms with Crippen molar-refractivity contribution in [2.75, 3.05) is 38.1 Å². The highest BCUT2D eigenvalue weighted by Gasteiger charge is 2.42. The number of likely N-dealkylation sites (tertiary alicyclic amines) is 1. The fraction of sp³-hybridized carbons (Fsp3) is 0.548. The summed E-state index contributed by atoms with van der Waals surface area (Å²) in [5.41, 5.74) is 3.07. The Kier molecular flexibility index (Phi) is 6.21. The van der Waals surface area contributed by atoms with Gasteiger partial charge in [0.25, 0.3) is 5.91 Å². The second kappa shape index (κ2) is 10.1. The third-order valence-corrected chi connectivity index (χ3v) is 9.81. The minimum Gasteiger partial charge on any atom is -0.491 e. The van der Waals surface area contributed by atoms with Crippen LogP contribution >= 0.6 is 0 Å². The van der Waals surface area contributed by atoms with Gasteiger partial charge in [-0.3, -0.25) is 14.4 Å². The first-order valence-corrected chi connectivity index (χ1v) is 15.3. The summed E-state index contributed by atoms with van der Waals surface area (Å²) in [4.78, 5) is 20.4. The summed E-state index contributed by atoms with van der Waals surface area (Å²) in [5.74, 6) is 1.01. The number of carbonyl (C=O) groups is 1. The van der Waals surface area contributed by atoms with E-state index in [2.05, 4.69) is 36.5 Å². The van der Waals surface area contributed by atoms with Gasteiger partial charge >= 0.3 is 0 Å². The summed E-state index contributed by atoms with van der Waals surface area (Å²) in [6, 6.07) is 6.89. The Hall–Kier alpha value is -3.50. The van der Waals surface area contributed by atoms with Crippen LogP contribution in [0.3, 0.4) is 0 Å². The molecule has 10 nitrogen and oxygen atoms in total. The molecule has 0 radical (unpaired) electrons. The first-order chi connectivity index (χ1) is 20.1. The van der Waals surface area contributed by atoms with E-state index in [4.69, 9.17) is 9.84 Å². The van der Waals surface area contributed by atoms with Gasteiger partial charge < -0.3 is 15.4 Å². The number of piperidine rings is 1. The molecular formula is C31H38N8O2. The van der Waals surface area contributed by atoms with Crippen molar-refractivity contribution in [2.24, 2.45) is 11.3 Å². The standard InChI is InChI=1S/C31H38N8O2/c40-30(25-15-34-38-12-2-10-33-29(25)38)35-27-13-22-16-39(36-26(22)14-28(27)41-17-21-3-4-21)24-7-5-23(6-8-24)37-11-1-9-31(20-37)18-32-19-31/h2,10,12-16,21,23-24,32H,1,3-9,11,17-20H2,(H,35,40). The molecule has 4 aliphatic rings. The van der Waals surface area contributed by atoms with Crippen LogP contribution in [0.4, 0.5) is 5.69 Å². The molecule has 2 aliphatic heterocycles. The topological polar surface area (TPSA) is 102 Å². The summed E-state index contributed by atoms with van der Waals surface area (Å²) in [7, 11) is 0. The van der Waals surface area contributed by atoms with Crippen LogP contribution in [0.1, 0.15) is 67.8 Å². The van der Waals surface area contributed by atoms with Crippen molar-refractivity contribution >= 4 is 28.1 Å². The monoisotopic (exact) mass is 554 g/mol. The molecule has 2 N–H and O–H groups in total. The lowest BCUT2D eigenvalue weighted by molar-refractivity contribution is 0.00528. The number of nitrogens with zero attached hydrogens (tertiary/aromatic N) is 6. The third-order valence-electron chi connectivity index (χ3n) is 9.81. The van der Waals surface area contributed by atoms with Crippen molar-refractivity contribution in [2.45, 2.75) is 63.5 Å². The van der Waals surface area contributed by atoms with Gasteiger partial charge in [-0.05, 0) is 76.0 Å². The Morgan fingerprint density at radius 2 is 1.98 bits per heavy atom. The zero-order valence-electron chi connectivity index (χ0n) is 23.5. The molecule has 3 aromatic heterocycles. The Morgan fingerprint density at radius 3 is 2.78 bits per heavy atom. The molecular weight excluding hydrogens is 516 g/mol. The average Bonchev–Trinajstić information content (AvgIpc) is 3.57. The molecule has 2 saturated heterocycles. The zero-order chi connectivity index (χ0) is 27.4. The van der Waals surface area contributed by atoms with Gasteiger partial charge in [0, 0.05) is 61.1 Å². The second-order valence-electron chi connectivity index (χ2n) is 12.8. The Labute approximate surface area is 239 Å². The number of anilines is 1. The van der Waals surface area contributed by atoms with Gasteiger partial charge in [-0.15, -0.1) is 0 Å². The summed E-state index contributed by atoms with van der Waals surface area (Å²) < 4.78 is 10.0. The maximum atomic E-state index is 13.3. The van der Waals surface area contributed by atoms with Crippen LogP contribution in [0.15, 0.2) is 43.0 Å². The molecule has 41 heavy (non-hydrogen) atoms. The van der Waals surface area contributed by atoms with Crippen LogP contribution < -0.4 is 15.4 Å². The van der Waals surface area contributed by atoms with E-state index in [1.807, 2.05) is 12.1 Å². The van der Waals surface area contributed by atoms with Crippen LogP contribution in [0, 0.1) is 11.3 Å². The van der Waals surface area contributed by atoms with Crippen LogP contribution in [-0.4, -0.2) is 74.0 Å². The molecule has 1 spiro atoms. The number of hydrogen-bond donors (Lipinski definition) is 2. The van der Waals surface area contributed by atoms with Gasteiger partial charge in [-0.25, -0.2) is 9.50 Å². The third kappa shape index (κ3) is 4.86. The van der Waals surface area contributed by atoms with Crippen molar-refractivity contribution in [3.05, 3.63) is 48.5 Å². The van der Waals surface area contributed by atoms with Gasteiger partial charge in [-0.1, -0.05) is 0 Å². The van der Waals surface area contributed by atoms with E-state index in [0.717, 1.165) is 23.7 Å². The quantitative estimate of drug-likeness (QED) is 0.351. The minimum absolute atomic E-state index is 0.253. The number of hydrogen-bond acceptors (Lipinski definition) is 7. The number of ether oxygens (including phenoxy) is 1. The van der Waals surface area contributed by atoms with Crippen LogP contribution in [-0.2, 0) is 0 Å². The molecule has 0 unspecified atom stereocenters. The molecule has 4 aromatic rings. The molecule has 2 aliphatic carbocycles. The van der Waals surface area contributed by atoms with Crippen LogP contribution in [0.5, 0.6) is 5.75 Å². The second-order valence-corrected chi connectivity index (χ2v) is 12.8. The summed E-state index contributed by atoms with van der Waals surface area (Å²) >= 11 is 0. The van der Waals surface area contributed by atoms with Gasteiger partial charge in [-0.2, -0.15) is 10.2 Å². The Bertz CT molecular complexity index is 1580.